The summed E-state index contributed by atoms with van der Waals surface area (Å²) in [7, 11) is 0. The van der Waals surface area contributed by atoms with Gasteiger partial charge in [0.15, 0.2) is 0 Å². The summed E-state index contributed by atoms with van der Waals surface area (Å²) in [6.45, 7) is 14.8. The highest BCUT2D eigenvalue weighted by Crippen LogP contribution is 2.38. The lowest BCUT2D eigenvalue weighted by molar-refractivity contribution is 1.26. The van der Waals surface area contributed by atoms with Crippen LogP contribution in [0, 0.1) is 48.5 Å². The molecule has 0 unspecified atom stereocenters. The highest BCUT2D eigenvalue weighted by atomic mass is 15.2. The average molecular weight is 960 g/mol. The summed E-state index contributed by atoms with van der Waals surface area (Å²) in [4.78, 5) is 6.90. The molecule has 10 aromatic carbocycles. The van der Waals surface area contributed by atoms with Crippen molar-refractivity contribution in [2.24, 2.45) is 0 Å². The summed E-state index contributed by atoms with van der Waals surface area (Å²) >= 11 is 0. The van der Waals surface area contributed by atoms with Crippen LogP contribution >= 0.6 is 0 Å². The Hall–Kier alpha value is -8.92. The number of aryl methyl sites for hydroxylation is 7. The lowest BCUT2D eigenvalue weighted by Gasteiger charge is -2.25. The fourth-order valence-corrected chi connectivity index (χ4v) is 8.77. The number of rotatable bonds is 13. The van der Waals surface area contributed by atoms with Gasteiger partial charge in [0, 0.05) is 51.2 Å². The Morgan fingerprint density at radius 3 is 0.405 bits per heavy atom. The summed E-state index contributed by atoms with van der Waals surface area (Å²) < 4.78 is 0. The standard InChI is InChI=1S/C50H44N2.C21H21N/c1-37-5-25-45(26-6-37)51(46-27-7-38(2)8-28-46)49-33-21-43(22-34-49)19-17-41-13-15-42(16-14-41)18-20-44-23-35-50(36-24-44)52(47-29-9-39(3)10-30-47)48-31-11-40(4)12-32-48;1-16-4-10-19(11-5-16)22(20-12-6-17(2)7-13-20)21-14-8-18(3)9-15-21/h5-36H,1-4H3;4-15H,1-3H3. The van der Waals surface area contributed by atoms with Gasteiger partial charge in [-0.3, -0.25) is 0 Å². The third-order valence-electron chi connectivity index (χ3n) is 13.2. The highest BCUT2D eigenvalue weighted by molar-refractivity contribution is 5.81. The fraction of sp³-hybridized carbons (Fsp3) is 0.0986. The van der Waals surface area contributed by atoms with E-state index in [9.17, 15) is 0 Å². The number of hydrogen-bond acceptors (Lipinski definition) is 3. The fourth-order valence-electron chi connectivity index (χ4n) is 8.77. The number of anilines is 9. The molecule has 0 fully saturated rings. The van der Waals surface area contributed by atoms with Gasteiger partial charge in [0.1, 0.15) is 0 Å². The Balaban J connectivity index is 0.000000254. The summed E-state index contributed by atoms with van der Waals surface area (Å²) in [5.74, 6) is 0. The second kappa shape index (κ2) is 23.5. The zero-order chi connectivity index (χ0) is 51.4. The topological polar surface area (TPSA) is 9.72 Å². The van der Waals surface area contributed by atoms with E-state index >= 15 is 0 Å². The van der Waals surface area contributed by atoms with Crippen LogP contribution in [0.3, 0.4) is 0 Å². The van der Waals surface area contributed by atoms with Crippen molar-refractivity contribution in [3.05, 3.63) is 304 Å². The van der Waals surface area contributed by atoms with E-state index in [0.29, 0.717) is 0 Å². The summed E-state index contributed by atoms with van der Waals surface area (Å²) in [5, 5.41) is 0. The quantitative estimate of drug-likeness (QED) is 0.107. The first-order chi connectivity index (χ1) is 36.0. The molecule has 0 aliphatic carbocycles. The third kappa shape index (κ3) is 12.9. The molecule has 0 bridgehead atoms. The molecule has 0 amide bonds. The summed E-state index contributed by atoms with van der Waals surface area (Å²) in [6.07, 6.45) is 8.70. The third-order valence-corrected chi connectivity index (χ3v) is 13.2. The van der Waals surface area contributed by atoms with E-state index in [1.807, 2.05) is 0 Å². The molecule has 0 atom stereocenters. The molecule has 0 spiro atoms. The molecule has 10 rings (SSSR count). The molecule has 0 aliphatic heterocycles. The first kappa shape index (κ1) is 50.0. The van der Waals surface area contributed by atoms with Gasteiger partial charge in [-0.15, -0.1) is 0 Å². The van der Waals surface area contributed by atoms with E-state index in [-0.39, 0.29) is 0 Å². The van der Waals surface area contributed by atoms with Gasteiger partial charge in [0.25, 0.3) is 0 Å². The maximum Gasteiger partial charge on any atom is 0.0462 e. The van der Waals surface area contributed by atoms with Crippen LogP contribution in [0.1, 0.15) is 61.2 Å². The second-order valence-corrected chi connectivity index (χ2v) is 19.4. The zero-order valence-corrected chi connectivity index (χ0v) is 43.7. The molecular formula is C71H65N3. The van der Waals surface area contributed by atoms with Crippen LogP contribution in [0.5, 0.6) is 0 Å². The van der Waals surface area contributed by atoms with E-state index in [0.717, 1.165) is 45.3 Å². The van der Waals surface area contributed by atoms with Gasteiger partial charge < -0.3 is 14.7 Å². The molecule has 364 valence electrons. The van der Waals surface area contributed by atoms with Gasteiger partial charge in [0.2, 0.25) is 0 Å². The van der Waals surface area contributed by atoms with Gasteiger partial charge in [0.05, 0.1) is 0 Å². The maximum absolute atomic E-state index is 2.30. The SMILES string of the molecule is Cc1ccc(N(c2ccc(C)cc2)c2ccc(C)cc2)cc1.Cc1ccc(N(c2ccc(C)cc2)c2ccc(C=Cc3ccc(C=Cc4ccc(N(c5ccc(C)cc5)c5ccc(C)cc5)cc4)cc3)cc2)cc1. The smallest absolute Gasteiger partial charge is 0.0462 e. The molecule has 3 nitrogen and oxygen atoms in total. The van der Waals surface area contributed by atoms with Crippen molar-refractivity contribution in [3.8, 4) is 0 Å². The predicted octanol–water partition coefficient (Wildman–Crippen LogP) is 20.3. The van der Waals surface area contributed by atoms with Crippen molar-refractivity contribution in [1.82, 2.24) is 0 Å². The monoisotopic (exact) mass is 960 g/mol. The molecule has 0 N–H and O–H groups in total. The Morgan fingerprint density at radius 1 is 0.162 bits per heavy atom. The van der Waals surface area contributed by atoms with Crippen LogP contribution in [0.2, 0.25) is 0 Å². The minimum absolute atomic E-state index is 1.13. The minimum atomic E-state index is 1.13. The van der Waals surface area contributed by atoms with Gasteiger partial charge >= 0.3 is 0 Å². The molecule has 0 radical (unpaired) electrons. The molecule has 0 aliphatic rings. The van der Waals surface area contributed by atoms with Gasteiger partial charge in [-0.2, -0.15) is 0 Å². The van der Waals surface area contributed by atoms with Crippen LogP contribution in [0.15, 0.2) is 243 Å². The lowest BCUT2D eigenvalue weighted by Crippen LogP contribution is -2.09. The van der Waals surface area contributed by atoms with Crippen molar-refractivity contribution in [2.75, 3.05) is 14.7 Å². The van der Waals surface area contributed by atoms with E-state index < -0.39 is 0 Å². The number of benzene rings is 10. The number of nitrogens with zero attached hydrogens (tertiary/aromatic N) is 3. The van der Waals surface area contributed by atoms with Crippen molar-refractivity contribution in [3.63, 3.8) is 0 Å². The zero-order valence-electron chi connectivity index (χ0n) is 43.7. The normalized spacial score (nSPS) is 11.1. The molecular weight excluding hydrogens is 895 g/mol. The summed E-state index contributed by atoms with van der Waals surface area (Å²) in [5.41, 5.74) is 23.9. The first-order valence-corrected chi connectivity index (χ1v) is 25.5. The van der Waals surface area contributed by atoms with E-state index in [4.69, 9.17) is 0 Å². The van der Waals surface area contributed by atoms with Crippen LogP contribution in [0.25, 0.3) is 24.3 Å². The van der Waals surface area contributed by atoms with Crippen molar-refractivity contribution >= 4 is 75.5 Å². The highest BCUT2D eigenvalue weighted by Gasteiger charge is 2.15. The minimum Gasteiger partial charge on any atom is -0.311 e. The average Bonchev–Trinajstić information content (AvgIpc) is 3.42. The predicted molar refractivity (Wildman–Crippen MR) is 321 cm³/mol. The first-order valence-electron chi connectivity index (χ1n) is 25.5. The summed E-state index contributed by atoms with van der Waals surface area (Å²) in [6, 6.07) is 87.0. The van der Waals surface area contributed by atoms with E-state index in [1.165, 1.54) is 67.1 Å². The van der Waals surface area contributed by atoms with E-state index in [2.05, 4.69) is 330 Å². The van der Waals surface area contributed by atoms with Gasteiger partial charge in [-0.1, -0.05) is 197 Å². The Morgan fingerprint density at radius 2 is 0.270 bits per heavy atom. The second-order valence-electron chi connectivity index (χ2n) is 19.4. The maximum atomic E-state index is 2.30. The van der Waals surface area contributed by atoms with Gasteiger partial charge in [-0.25, -0.2) is 0 Å². The van der Waals surface area contributed by atoms with Gasteiger partial charge in [-0.05, 0) is 180 Å². The Labute approximate surface area is 440 Å². The molecule has 3 heteroatoms. The molecule has 0 saturated carbocycles. The molecule has 0 heterocycles. The number of hydrogen-bond donors (Lipinski definition) is 0. The van der Waals surface area contributed by atoms with Crippen LogP contribution in [0.4, 0.5) is 51.2 Å². The lowest BCUT2D eigenvalue weighted by atomic mass is 10.1. The molecule has 74 heavy (non-hydrogen) atoms. The van der Waals surface area contributed by atoms with Crippen LogP contribution in [-0.2, 0) is 0 Å². The van der Waals surface area contributed by atoms with Crippen molar-refractivity contribution in [1.29, 1.82) is 0 Å². The molecule has 0 saturated heterocycles. The molecule has 10 aromatic rings. The molecule has 0 aromatic heterocycles. The van der Waals surface area contributed by atoms with Crippen LogP contribution < -0.4 is 14.7 Å². The Kier molecular flexibility index (Phi) is 15.9. The van der Waals surface area contributed by atoms with Crippen LogP contribution in [-0.4, -0.2) is 0 Å². The van der Waals surface area contributed by atoms with Crippen molar-refractivity contribution in [2.45, 2.75) is 48.5 Å². The largest absolute Gasteiger partial charge is 0.311 e. The van der Waals surface area contributed by atoms with E-state index in [1.54, 1.807) is 0 Å². The van der Waals surface area contributed by atoms with Crippen molar-refractivity contribution < 1.29 is 0 Å². The Bertz CT molecular complexity index is 3040.